The van der Waals surface area contributed by atoms with Crippen LogP contribution in [0.15, 0.2) is 6.33 Å². The van der Waals surface area contributed by atoms with E-state index in [-0.39, 0.29) is 5.72 Å². The summed E-state index contributed by atoms with van der Waals surface area (Å²) in [4.78, 5) is 0. The minimum absolute atomic E-state index is 0.0995. The molecule has 0 N–H and O–H groups in total. The lowest BCUT2D eigenvalue weighted by molar-refractivity contribution is 0.888. The summed E-state index contributed by atoms with van der Waals surface area (Å²) >= 11 is 0. The molecule has 0 fully saturated rings. The van der Waals surface area contributed by atoms with E-state index in [0.29, 0.717) is 0 Å². The molecule has 0 aliphatic heterocycles. The molecule has 0 aliphatic carbocycles. The normalized spacial score (nSPS) is 8.57. The van der Waals surface area contributed by atoms with Crippen molar-refractivity contribution in [1.29, 1.82) is 0 Å². The first-order valence-electron chi connectivity index (χ1n) is 1.65. The van der Waals surface area contributed by atoms with Gasteiger partial charge in [-0.1, -0.05) is 0 Å². The van der Waals surface area contributed by atoms with Crippen molar-refractivity contribution in [3.05, 3.63) is 6.33 Å². The molecule has 4 nitrogen and oxygen atoms in total. The van der Waals surface area contributed by atoms with Crippen LogP contribution in [0.4, 0.5) is 0 Å². The highest BCUT2D eigenvalue weighted by Gasteiger charge is 1.77. The lowest BCUT2D eigenvalue weighted by atomic mass is 10.1. The van der Waals surface area contributed by atoms with Gasteiger partial charge in [-0.25, -0.2) is 0 Å². The molecule has 1 aromatic rings. The van der Waals surface area contributed by atoms with E-state index < -0.39 is 0 Å². The second-order valence-corrected chi connectivity index (χ2v) is 0.905. The van der Waals surface area contributed by atoms with Gasteiger partial charge in [-0.05, 0) is 0 Å². The van der Waals surface area contributed by atoms with Crippen molar-refractivity contribution < 1.29 is 0 Å². The largest absolute Gasteiger partial charge is 0.175 e. The monoisotopic (exact) mass is 92.0 g/mol. The van der Waals surface area contributed by atoms with Crippen LogP contribution >= 0.6 is 0 Å². The molecule has 0 saturated heterocycles. The Morgan fingerprint density at radius 3 is 2.14 bits per heavy atom. The van der Waals surface area contributed by atoms with E-state index in [1.54, 1.807) is 0 Å². The van der Waals surface area contributed by atoms with Gasteiger partial charge in [-0.3, -0.25) is 0 Å². The number of hydrogen-bond acceptors (Lipinski definition) is 4. The van der Waals surface area contributed by atoms with Gasteiger partial charge in [0.2, 0.25) is 0 Å². The van der Waals surface area contributed by atoms with E-state index in [2.05, 4.69) is 20.4 Å². The zero-order chi connectivity index (χ0) is 5.11. The Morgan fingerprint density at radius 1 is 1.29 bits per heavy atom. The number of hydrogen-bond donors (Lipinski definition) is 0. The van der Waals surface area contributed by atoms with Crippen LogP contribution in [-0.4, -0.2) is 28.2 Å². The topological polar surface area (TPSA) is 51.6 Å². The molecule has 0 amide bonds. The van der Waals surface area contributed by atoms with Crippen molar-refractivity contribution in [2.24, 2.45) is 0 Å². The molecule has 1 heterocycles. The third-order valence-electron chi connectivity index (χ3n) is 0.424. The molecule has 0 unspecified atom stereocenters. The van der Waals surface area contributed by atoms with Gasteiger partial charge in [-0.15, -0.1) is 20.4 Å². The first-order valence-corrected chi connectivity index (χ1v) is 1.65. The maximum atomic E-state index is 5.01. The van der Waals surface area contributed by atoms with Crippen molar-refractivity contribution in [3.8, 4) is 0 Å². The van der Waals surface area contributed by atoms with E-state index >= 15 is 0 Å². The van der Waals surface area contributed by atoms with Crippen molar-refractivity contribution in [2.75, 3.05) is 0 Å². The SMILES string of the molecule is [B]c1nncnn1. The van der Waals surface area contributed by atoms with Crippen molar-refractivity contribution in [1.82, 2.24) is 20.4 Å². The first kappa shape index (κ1) is 4.17. The molecule has 5 heteroatoms. The van der Waals surface area contributed by atoms with E-state index in [4.69, 9.17) is 7.85 Å². The van der Waals surface area contributed by atoms with Crippen LogP contribution in [0.2, 0.25) is 0 Å². The van der Waals surface area contributed by atoms with Crippen LogP contribution in [0.25, 0.3) is 0 Å². The van der Waals surface area contributed by atoms with Crippen LogP contribution < -0.4 is 5.72 Å². The standard InChI is InChI=1S/C2HBN4/c3-2-6-4-1-5-7-2/h1H. The van der Waals surface area contributed by atoms with Crippen LogP contribution in [-0.2, 0) is 0 Å². The van der Waals surface area contributed by atoms with Crippen molar-refractivity contribution in [3.63, 3.8) is 0 Å². The summed E-state index contributed by atoms with van der Waals surface area (Å²) in [6.45, 7) is 0. The fourth-order valence-corrected chi connectivity index (χ4v) is 0.213. The molecule has 0 aromatic carbocycles. The highest BCUT2D eigenvalue weighted by Crippen LogP contribution is 1.47. The quantitative estimate of drug-likeness (QED) is 0.349. The van der Waals surface area contributed by atoms with Gasteiger partial charge >= 0.3 is 0 Å². The van der Waals surface area contributed by atoms with Gasteiger partial charge in [0.05, 0.1) is 0 Å². The third kappa shape index (κ3) is 0.921. The van der Waals surface area contributed by atoms with Crippen LogP contribution in [0.3, 0.4) is 0 Å². The second kappa shape index (κ2) is 1.64. The smallest absolute Gasteiger partial charge is 0.144 e. The summed E-state index contributed by atoms with van der Waals surface area (Å²) in [5, 5.41) is 13.3. The molecule has 0 bridgehead atoms. The lowest BCUT2D eigenvalue weighted by Crippen LogP contribution is -2.15. The number of nitrogens with zero attached hydrogens (tertiary/aromatic N) is 4. The predicted molar refractivity (Wildman–Crippen MR) is 23.0 cm³/mol. The molecule has 32 valence electrons. The molecular weight excluding hydrogens is 90.9 g/mol. The number of rotatable bonds is 0. The van der Waals surface area contributed by atoms with Crippen LogP contribution in [0.1, 0.15) is 0 Å². The van der Waals surface area contributed by atoms with E-state index in [0.717, 1.165) is 0 Å². The fraction of sp³-hybridized carbons (Fsp3) is 0. The maximum Gasteiger partial charge on any atom is 0.175 e. The lowest BCUT2D eigenvalue weighted by Gasteiger charge is -1.79. The minimum Gasteiger partial charge on any atom is -0.144 e. The summed E-state index contributed by atoms with van der Waals surface area (Å²) < 4.78 is 0. The predicted octanol–water partition coefficient (Wildman–Crippen LogP) is -1.94. The van der Waals surface area contributed by atoms with Gasteiger partial charge in [-0.2, -0.15) is 0 Å². The Morgan fingerprint density at radius 2 is 1.86 bits per heavy atom. The molecule has 0 atom stereocenters. The van der Waals surface area contributed by atoms with Crippen LogP contribution in [0.5, 0.6) is 0 Å². The van der Waals surface area contributed by atoms with Crippen LogP contribution in [0, 0.1) is 0 Å². The molecule has 0 spiro atoms. The molecular formula is C2HBN4. The molecule has 0 saturated carbocycles. The Labute approximate surface area is 41.4 Å². The molecule has 0 aliphatic rings. The maximum absolute atomic E-state index is 5.01. The third-order valence-corrected chi connectivity index (χ3v) is 0.424. The van der Waals surface area contributed by atoms with Crippen molar-refractivity contribution >= 4 is 13.6 Å². The van der Waals surface area contributed by atoms with E-state index in [9.17, 15) is 0 Å². The van der Waals surface area contributed by atoms with E-state index in [1.807, 2.05) is 0 Å². The Balaban J connectivity index is 3.02. The fourth-order valence-electron chi connectivity index (χ4n) is 0.213. The summed E-state index contributed by atoms with van der Waals surface area (Å²) in [6.07, 6.45) is 1.22. The van der Waals surface area contributed by atoms with Gasteiger partial charge in [0.15, 0.2) is 14.2 Å². The van der Waals surface area contributed by atoms with Gasteiger partial charge < -0.3 is 0 Å². The molecule has 2 radical (unpaired) electrons. The minimum atomic E-state index is 0.0995. The highest BCUT2D eigenvalue weighted by molar-refractivity contribution is 6.28. The van der Waals surface area contributed by atoms with E-state index in [1.165, 1.54) is 6.33 Å². The average molecular weight is 91.9 g/mol. The van der Waals surface area contributed by atoms with Crippen molar-refractivity contribution in [2.45, 2.75) is 0 Å². The Kier molecular flexibility index (Phi) is 0.975. The summed E-state index contributed by atoms with van der Waals surface area (Å²) in [5.74, 6) is 0. The number of aromatic nitrogens is 4. The molecule has 1 rings (SSSR count). The zero-order valence-corrected chi connectivity index (χ0v) is 3.44. The van der Waals surface area contributed by atoms with Gasteiger partial charge in [0, 0.05) is 0 Å². The Bertz CT molecular complexity index is 140. The van der Waals surface area contributed by atoms with Gasteiger partial charge in [0.1, 0.15) is 5.72 Å². The molecule has 7 heavy (non-hydrogen) atoms. The molecule has 1 aromatic heterocycles. The highest BCUT2D eigenvalue weighted by atomic mass is 15.3. The second-order valence-electron chi connectivity index (χ2n) is 0.905. The first-order chi connectivity index (χ1) is 3.39. The summed E-state index contributed by atoms with van der Waals surface area (Å²) in [6, 6.07) is 0. The van der Waals surface area contributed by atoms with Gasteiger partial charge in [0.25, 0.3) is 0 Å². The average Bonchev–Trinajstić information content (AvgIpc) is 1.69. The zero-order valence-electron chi connectivity index (χ0n) is 3.44. The summed E-state index contributed by atoms with van der Waals surface area (Å²) in [7, 11) is 5.01. The Hall–Kier alpha value is -0.995. The summed E-state index contributed by atoms with van der Waals surface area (Å²) in [5.41, 5.74) is 0.0995.